The fourth-order valence-electron chi connectivity index (χ4n) is 2.71. The predicted molar refractivity (Wildman–Crippen MR) is 83.1 cm³/mol. The van der Waals surface area contributed by atoms with Crippen LogP contribution in [-0.4, -0.2) is 39.5 Å². The lowest BCUT2D eigenvalue weighted by Gasteiger charge is -2.31. The molecule has 1 unspecified atom stereocenters. The van der Waals surface area contributed by atoms with Crippen LogP contribution in [0.5, 0.6) is 0 Å². The monoisotopic (exact) mass is 330 g/mol. The van der Waals surface area contributed by atoms with E-state index in [4.69, 9.17) is 4.74 Å². The smallest absolute Gasteiger partial charge is 0.279 e. The van der Waals surface area contributed by atoms with Crippen LogP contribution in [0.4, 0.5) is 4.39 Å². The van der Waals surface area contributed by atoms with Gasteiger partial charge in [0.2, 0.25) is 0 Å². The van der Waals surface area contributed by atoms with Gasteiger partial charge in [0.25, 0.3) is 10.2 Å². The van der Waals surface area contributed by atoms with E-state index in [0.717, 1.165) is 18.4 Å². The Morgan fingerprint density at radius 2 is 2.23 bits per heavy atom. The van der Waals surface area contributed by atoms with Crippen molar-refractivity contribution in [2.24, 2.45) is 5.92 Å². The number of rotatable bonds is 6. The van der Waals surface area contributed by atoms with Crippen molar-refractivity contribution in [1.29, 1.82) is 0 Å². The maximum Gasteiger partial charge on any atom is 0.279 e. The Balaban J connectivity index is 2.00. The van der Waals surface area contributed by atoms with Gasteiger partial charge in [-0.3, -0.25) is 0 Å². The third-order valence-corrected chi connectivity index (χ3v) is 5.50. The number of aryl methyl sites for hydroxylation is 1. The molecule has 1 fully saturated rings. The molecule has 22 heavy (non-hydrogen) atoms. The van der Waals surface area contributed by atoms with E-state index in [-0.39, 0.29) is 18.3 Å². The largest absolute Gasteiger partial charge is 0.384 e. The standard InChI is InChI=1S/C15H23FN2O3S/c1-12-5-6-15(16)8-14(12)9-17-22(19,20)18-7-3-4-13(10-18)11-21-2/h5-6,8,13,17H,3-4,7,9-11H2,1-2H3. The Bertz CT molecular complexity index is 605. The fraction of sp³-hybridized carbons (Fsp3) is 0.600. The second-order valence-electron chi connectivity index (χ2n) is 5.72. The zero-order valence-electron chi connectivity index (χ0n) is 13.0. The Labute approximate surface area is 131 Å². The molecule has 0 spiro atoms. The lowest BCUT2D eigenvalue weighted by atomic mass is 10.0. The first-order chi connectivity index (χ1) is 10.4. The molecular formula is C15H23FN2O3S. The van der Waals surface area contributed by atoms with Crippen molar-refractivity contribution in [3.05, 3.63) is 35.1 Å². The van der Waals surface area contributed by atoms with E-state index >= 15 is 0 Å². The number of methoxy groups -OCH3 is 1. The highest BCUT2D eigenvalue weighted by molar-refractivity contribution is 7.87. The van der Waals surface area contributed by atoms with Crippen molar-refractivity contribution in [2.75, 3.05) is 26.8 Å². The van der Waals surface area contributed by atoms with Crippen LogP contribution in [0, 0.1) is 18.7 Å². The molecular weight excluding hydrogens is 307 g/mol. The minimum absolute atomic E-state index is 0.0946. The molecule has 0 bridgehead atoms. The number of piperidine rings is 1. The normalized spacial score (nSPS) is 20.2. The Hall–Kier alpha value is -1.02. The average molecular weight is 330 g/mol. The summed E-state index contributed by atoms with van der Waals surface area (Å²) in [6, 6.07) is 4.38. The zero-order chi connectivity index (χ0) is 16.2. The van der Waals surface area contributed by atoms with Gasteiger partial charge in [-0.1, -0.05) is 6.07 Å². The Morgan fingerprint density at radius 1 is 1.45 bits per heavy atom. The van der Waals surface area contributed by atoms with Gasteiger partial charge in [-0.15, -0.1) is 0 Å². The molecule has 1 aliphatic heterocycles. The van der Waals surface area contributed by atoms with Crippen LogP contribution in [0.15, 0.2) is 18.2 Å². The van der Waals surface area contributed by atoms with Crippen molar-refractivity contribution in [3.8, 4) is 0 Å². The molecule has 1 N–H and O–H groups in total. The molecule has 1 heterocycles. The molecule has 1 aromatic rings. The van der Waals surface area contributed by atoms with Crippen LogP contribution in [0.25, 0.3) is 0 Å². The van der Waals surface area contributed by atoms with E-state index in [0.29, 0.717) is 25.3 Å². The maximum atomic E-state index is 13.3. The van der Waals surface area contributed by atoms with Crippen LogP contribution in [-0.2, 0) is 21.5 Å². The first kappa shape index (κ1) is 17.3. The summed E-state index contributed by atoms with van der Waals surface area (Å²) in [7, 11) is -1.93. The Morgan fingerprint density at radius 3 is 2.95 bits per heavy atom. The number of nitrogens with one attached hydrogen (secondary N) is 1. The minimum atomic E-state index is -3.56. The van der Waals surface area contributed by atoms with Crippen LogP contribution in [0.3, 0.4) is 0 Å². The van der Waals surface area contributed by atoms with Crippen molar-refractivity contribution in [3.63, 3.8) is 0 Å². The highest BCUT2D eigenvalue weighted by atomic mass is 32.2. The second-order valence-corrected chi connectivity index (χ2v) is 7.47. The molecule has 0 saturated carbocycles. The summed E-state index contributed by atoms with van der Waals surface area (Å²) in [4.78, 5) is 0. The first-order valence-electron chi connectivity index (χ1n) is 7.41. The highest BCUT2D eigenvalue weighted by Gasteiger charge is 2.28. The number of benzene rings is 1. The summed E-state index contributed by atoms with van der Waals surface area (Å²) >= 11 is 0. The van der Waals surface area contributed by atoms with Crippen LogP contribution < -0.4 is 4.72 Å². The molecule has 1 aliphatic rings. The van der Waals surface area contributed by atoms with Gasteiger partial charge in [-0.2, -0.15) is 17.4 Å². The van der Waals surface area contributed by atoms with Crippen LogP contribution in [0.1, 0.15) is 24.0 Å². The highest BCUT2D eigenvalue weighted by Crippen LogP contribution is 2.19. The summed E-state index contributed by atoms with van der Waals surface area (Å²) in [5.41, 5.74) is 1.51. The van der Waals surface area contributed by atoms with Gasteiger partial charge >= 0.3 is 0 Å². The summed E-state index contributed by atoms with van der Waals surface area (Å²) in [5.74, 6) is -0.135. The van der Waals surface area contributed by atoms with E-state index in [2.05, 4.69) is 4.72 Å². The quantitative estimate of drug-likeness (QED) is 0.866. The Kier molecular flexibility index (Phi) is 5.91. The summed E-state index contributed by atoms with van der Waals surface area (Å²) in [6.07, 6.45) is 1.80. The zero-order valence-corrected chi connectivity index (χ0v) is 13.8. The van der Waals surface area contributed by atoms with E-state index in [1.54, 1.807) is 13.2 Å². The molecule has 5 nitrogen and oxygen atoms in total. The molecule has 124 valence electrons. The van der Waals surface area contributed by atoms with Gasteiger partial charge in [0.1, 0.15) is 5.82 Å². The summed E-state index contributed by atoms with van der Waals surface area (Å²) in [6.45, 7) is 3.47. The van der Waals surface area contributed by atoms with E-state index < -0.39 is 10.2 Å². The lowest BCUT2D eigenvalue weighted by Crippen LogP contribution is -2.46. The lowest BCUT2D eigenvalue weighted by molar-refractivity contribution is 0.118. The number of ether oxygens (including phenoxy) is 1. The average Bonchev–Trinajstić information content (AvgIpc) is 2.49. The summed E-state index contributed by atoms with van der Waals surface area (Å²) in [5, 5.41) is 0. The predicted octanol–water partition coefficient (Wildman–Crippen LogP) is 1.83. The molecule has 0 amide bonds. The van der Waals surface area contributed by atoms with Crippen LogP contribution in [0.2, 0.25) is 0 Å². The van der Waals surface area contributed by atoms with Crippen molar-refractivity contribution in [2.45, 2.75) is 26.3 Å². The molecule has 2 rings (SSSR count). The molecule has 1 saturated heterocycles. The molecule has 1 atom stereocenters. The van der Waals surface area contributed by atoms with Gasteiger partial charge in [-0.05, 0) is 48.9 Å². The minimum Gasteiger partial charge on any atom is -0.384 e. The van der Waals surface area contributed by atoms with E-state index in [1.165, 1.54) is 16.4 Å². The number of nitrogens with zero attached hydrogens (tertiary/aromatic N) is 1. The molecule has 0 aliphatic carbocycles. The van der Waals surface area contributed by atoms with Crippen LogP contribution >= 0.6 is 0 Å². The molecule has 0 aromatic heterocycles. The SMILES string of the molecule is COCC1CCCN(S(=O)(=O)NCc2cc(F)ccc2C)C1. The van der Waals surface area contributed by atoms with Gasteiger partial charge < -0.3 is 4.74 Å². The number of halogens is 1. The van der Waals surface area contributed by atoms with E-state index in [9.17, 15) is 12.8 Å². The summed E-state index contributed by atoms with van der Waals surface area (Å²) < 4.78 is 47.2. The third kappa shape index (κ3) is 4.49. The topological polar surface area (TPSA) is 58.6 Å². The van der Waals surface area contributed by atoms with Gasteiger partial charge in [0.15, 0.2) is 0 Å². The molecule has 7 heteroatoms. The van der Waals surface area contributed by atoms with Crippen molar-refractivity contribution < 1.29 is 17.5 Å². The maximum absolute atomic E-state index is 13.3. The number of hydrogen-bond donors (Lipinski definition) is 1. The van der Waals surface area contributed by atoms with Crippen molar-refractivity contribution in [1.82, 2.24) is 9.03 Å². The third-order valence-electron chi connectivity index (χ3n) is 3.98. The second kappa shape index (κ2) is 7.50. The fourth-order valence-corrected chi connectivity index (χ4v) is 4.00. The van der Waals surface area contributed by atoms with Gasteiger partial charge in [0.05, 0.1) is 6.61 Å². The van der Waals surface area contributed by atoms with Gasteiger partial charge in [-0.25, -0.2) is 4.39 Å². The molecule has 1 aromatic carbocycles. The first-order valence-corrected chi connectivity index (χ1v) is 8.85. The van der Waals surface area contributed by atoms with E-state index in [1.807, 2.05) is 6.92 Å². The van der Waals surface area contributed by atoms with Crippen molar-refractivity contribution >= 4 is 10.2 Å². The van der Waals surface area contributed by atoms with Gasteiger partial charge in [0, 0.05) is 26.7 Å². The molecule has 0 radical (unpaired) electrons. The number of hydrogen-bond acceptors (Lipinski definition) is 3.